The second-order valence-corrected chi connectivity index (χ2v) is 9.44. The number of carbonyl (C=O) groups is 1. The van der Waals surface area contributed by atoms with Gasteiger partial charge in [0.1, 0.15) is 5.60 Å². The molecule has 2 aliphatic heterocycles. The Labute approximate surface area is 179 Å². The molecular formula is C25H31N3O2. The van der Waals surface area contributed by atoms with Gasteiger partial charge in [0.25, 0.3) is 0 Å². The predicted octanol–water partition coefficient (Wildman–Crippen LogP) is 5.23. The summed E-state index contributed by atoms with van der Waals surface area (Å²) in [5.74, 6) is 0. The van der Waals surface area contributed by atoms with Crippen LogP contribution in [0.2, 0.25) is 0 Å². The average molecular weight is 406 g/mol. The molecule has 5 nitrogen and oxygen atoms in total. The van der Waals surface area contributed by atoms with Gasteiger partial charge in [-0.15, -0.1) is 0 Å². The fourth-order valence-electron chi connectivity index (χ4n) is 3.94. The van der Waals surface area contributed by atoms with Gasteiger partial charge in [-0.1, -0.05) is 62.7 Å². The van der Waals surface area contributed by atoms with Crippen molar-refractivity contribution in [1.82, 2.24) is 10.4 Å². The van der Waals surface area contributed by atoms with Crippen LogP contribution in [-0.2, 0) is 10.3 Å². The van der Waals surface area contributed by atoms with E-state index in [1.807, 2.05) is 17.0 Å². The third-order valence-electron chi connectivity index (χ3n) is 6.03. The quantitative estimate of drug-likeness (QED) is 0.719. The molecule has 30 heavy (non-hydrogen) atoms. The van der Waals surface area contributed by atoms with Gasteiger partial charge >= 0.3 is 6.03 Å². The highest BCUT2D eigenvalue weighted by molar-refractivity contribution is 5.89. The van der Waals surface area contributed by atoms with Gasteiger partial charge in [-0.05, 0) is 41.7 Å². The Bertz CT molecular complexity index is 932. The molecule has 2 aromatic carbocycles. The molecule has 0 bridgehead atoms. The number of nitrogens with zero attached hydrogens (tertiary/aromatic N) is 1. The molecule has 158 valence electrons. The first-order chi connectivity index (χ1) is 14.2. The van der Waals surface area contributed by atoms with Gasteiger partial charge in [0.15, 0.2) is 0 Å². The Balaban J connectivity index is 1.35. The Hall–Kier alpha value is -2.79. The fourth-order valence-corrected chi connectivity index (χ4v) is 3.94. The number of urea groups is 1. The van der Waals surface area contributed by atoms with Crippen LogP contribution >= 0.6 is 0 Å². The van der Waals surface area contributed by atoms with Gasteiger partial charge in [-0.2, -0.15) is 0 Å². The van der Waals surface area contributed by atoms with Gasteiger partial charge in [0.05, 0.1) is 5.70 Å². The molecule has 1 spiro atoms. The van der Waals surface area contributed by atoms with Crippen molar-refractivity contribution in [1.29, 1.82) is 0 Å². The van der Waals surface area contributed by atoms with Gasteiger partial charge < -0.3 is 10.2 Å². The van der Waals surface area contributed by atoms with Gasteiger partial charge in [-0.3, -0.25) is 10.3 Å². The number of carbonyl (C=O) groups excluding carboxylic acids is 1. The van der Waals surface area contributed by atoms with Crippen molar-refractivity contribution >= 4 is 17.4 Å². The SMILES string of the molecule is Cc1ccc(C2=CC3(CCN(C(=O)Nc4ccc(C(C)(C)C)cc4)CC3)ON2)cc1. The number of amides is 2. The summed E-state index contributed by atoms with van der Waals surface area (Å²) in [5, 5.41) is 3.02. The summed E-state index contributed by atoms with van der Waals surface area (Å²) in [6.07, 6.45) is 3.72. The highest BCUT2D eigenvalue weighted by Crippen LogP contribution is 2.35. The van der Waals surface area contributed by atoms with E-state index in [1.165, 1.54) is 11.1 Å². The van der Waals surface area contributed by atoms with Crippen molar-refractivity contribution in [2.75, 3.05) is 18.4 Å². The van der Waals surface area contributed by atoms with E-state index in [4.69, 9.17) is 4.84 Å². The van der Waals surface area contributed by atoms with E-state index in [2.05, 4.69) is 81.0 Å². The maximum Gasteiger partial charge on any atom is 0.321 e. The fraction of sp³-hybridized carbons (Fsp3) is 0.400. The first-order valence-corrected chi connectivity index (χ1v) is 10.6. The summed E-state index contributed by atoms with van der Waals surface area (Å²) in [4.78, 5) is 20.5. The average Bonchev–Trinajstić information content (AvgIpc) is 3.12. The van der Waals surface area contributed by atoms with Crippen LogP contribution in [0.1, 0.15) is 50.3 Å². The van der Waals surface area contributed by atoms with Crippen LogP contribution in [0.25, 0.3) is 5.70 Å². The second kappa shape index (κ2) is 7.80. The lowest BCUT2D eigenvalue weighted by Gasteiger charge is -2.36. The molecule has 0 radical (unpaired) electrons. The minimum absolute atomic E-state index is 0.0537. The summed E-state index contributed by atoms with van der Waals surface area (Å²) in [7, 11) is 0. The van der Waals surface area contributed by atoms with Crippen molar-refractivity contribution < 1.29 is 9.63 Å². The Morgan fingerprint density at radius 3 is 2.27 bits per heavy atom. The summed E-state index contributed by atoms with van der Waals surface area (Å²) < 4.78 is 0. The van der Waals surface area contributed by atoms with Crippen LogP contribution in [0.15, 0.2) is 54.6 Å². The molecule has 1 fully saturated rings. The Morgan fingerprint density at radius 2 is 1.67 bits per heavy atom. The van der Waals surface area contributed by atoms with E-state index in [0.29, 0.717) is 13.1 Å². The molecule has 1 saturated heterocycles. The lowest BCUT2D eigenvalue weighted by molar-refractivity contribution is -0.0634. The lowest BCUT2D eigenvalue weighted by atomic mass is 9.87. The van der Waals surface area contributed by atoms with Crippen molar-refractivity contribution in [3.05, 3.63) is 71.3 Å². The number of anilines is 1. The van der Waals surface area contributed by atoms with E-state index < -0.39 is 0 Å². The number of nitrogens with one attached hydrogen (secondary N) is 2. The third-order valence-corrected chi connectivity index (χ3v) is 6.03. The van der Waals surface area contributed by atoms with E-state index >= 15 is 0 Å². The topological polar surface area (TPSA) is 53.6 Å². The van der Waals surface area contributed by atoms with Gasteiger partial charge in [0.2, 0.25) is 0 Å². The number of likely N-dealkylation sites (tertiary alicyclic amines) is 1. The maximum atomic E-state index is 12.7. The normalized spacial score (nSPS) is 18.1. The molecule has 0 unspecified atom stereocenters. The van der Waals surface area contributed by atoms with E-state index in [9.17, 15) is 4.79 Å². The van der Waals surface area contributed by atoms with Gasteiger partial charge in [-0.25, -0.2) is 4.79 Å². The highest BCUT2D eigenvalue weighted by atomic mass is 16.7. The molecule has 2 amide bonds. The number of rotatable bonds is 2. The van der Waals surface area contributed by atoms with E-state index in [1.54, 1.807) is 0 Å². The summed E-state index contributed by atoms with van der Waals surface area (Å²) >= 11 is 0. The molecule has 5 heteroatoms. The number of hydroxylamine groups is 1. The van der Waals surface area contributed by atoms with E-state index in [0.717, 1.165) is 29.8 Å². The highest BCUT2D eigenvalue weighted by Gasteiger charge is 2.39. The smallest absolute Gasteiger partial charge is 0.321 e. The number of benzene rings is 2. The first-order valence-electron chi connectivity index (χ1n) is 10.6. The monoisotopic (exact) mass is 405 g/mol. The summed E-state index contributed by atoms with van der Waals surface area (Å²) in [6, 6.07) is 16.5. The standard InChI is InChI=1S/C25H31N3O2/c1-18-5-7-19(8-6-18)22-17-25(30-27-22)13-15-28(16-14-25)23(29)26-21-11-9-20(10-12-21)24(2,3)4/h5-12,17,27H,13-16H2,1-4H3,(H,26,29). The maximum absolute atomic E-state index is 12.7. The molecule has 0 aliphatic carbocycles. The molecule has 2 aliphatic rings. The molecular weight excluding hydrogens is 374 g/mol. The van der Waals surface area contributed by atoms with Crippen molar-refractivity contribution in [3.8, 4) is 0 Å². The molecule has 0 atom stereocenters. The number of aryl methyl sites for hydroxylation is 1. The minimum atomic E-state index is -0.342. The molecule has 2 heterocycles. The van der Waals surface area contributed by atoms with Crippen molar-refractivity contribution in [2.45, 2.75) is 51.6 Å². The molecule has 0 aromatic heterocycles. The summed E-state index contributed by atoms with van der Waals surface area (Å²) in [6.45, 7) is 9.95. The van der Waals surface area contributed by atoms with Crippen LogP contribution in [0.3, 0.4) is 0 Å². The number of hydrogen-bond acceptors (Lipinski definition) is 3. The first kappa shape index (κ1) is 20.5. The Kier molecular flexibility index (Phi) is 5.33. The molecule has 2 N–H and O–H groups in total. The molecule has 2 aromatic rings. The van der Waals surface area contributed by atoms with Crippen molar-refractivity contribution in [2.24, 2.45) is 0 Å². The summed E-state index contributed by atoms with van der Waals surface area (Å²) in [5.41, 5.74) is 8.30. The minimum Gasteiger partial charge on any atom is -0.324 e. The zero-order valence-electron chi connectivity index (χ0n) is 18.3. The molecule has 4 rings (SSSR count). The lowest BCUT2D eigenvalue weighted by Crippen LogP contribution is -2.48. The number of hydrogen-bond donors (Lipinski definition) is 2. The van der Waals surface area contributed by atoms with Crippen LogP contribution < -0.4 is 10.8 Å². The zero-order valence-corrected chi connectivity index (χ0v) is 18.3. The predicted molar refractivity (Wildman–Crippen MR) is 121 cm³/mol. The van der Waals surface area contributed by atoms with Crippen LogP contribution in [0.4, 0.5) is 10.5 Å². The zero-order chi connectivity index (χ0) is 21.4. The molecule has 0 saturated carbocycles. The van der Waals surface area contributed by atoms with Gasteiger partial charge in [0, 0.05) is 31.6 Å². The van der Waals surface area contributed by atoms with E-state index in [-0.39, 0.29) is 17.0 Å². The van der Waals surface area contributed by atoms with Crippen LogP contribution in [-0.4, -0.2) is 29.6 Å². The number of piperidine rings is 1. The van der Waals surface area contributed by atoms with Crippen LogP contribution in [0, 0.1) is 6.92 Å². The third kappa shape index (κ3) is 4.36. The largest absolute Gasteiger partial charge is 0.324 e. The second-order valence-electron chi connectivity index (χ2n) is 9.44. The van der Waals surface area contributed by atoms with Crippen molar-refractivity contribution in [3.63, 3.8) is 0 Å². The van der Waals surface area contributed by atoms with Crippen LogP contribution in [0.5, 0.6) is 0 Å². The Morgan fingerprint density at radius 1 is 1.03 bits per heavy atom.